The second kappa shape index (κ2) is 7.11. The zero-order valence-electron chi connectivity index (χ0n) is 11.7. The largest absolute Gasteiger partial charge is 0.395 e. The average molecular weight is 266 g/mol. The standard InChI is InChI=1S/C14H22N2O3/c1-10-8-11(2)13(12(3)9-10)15-14(19)16(4-6-17)5-7-18/h8-9,17-18H,4-7H2,1-3H3,(H,15,19). The Balaban J connectivity index is 2.86. The van der Waals surface area contributed by atoms with Crippen molar-refractivity contribution in [2.45, 2.75) is 20.8 Å². The van der Waals surface area contributed by atoms with Crippen molar-refractivity contribution in [2.75, 3.05) is 31.6 Å². The summed E-state index contributed by atoms with van der Waals surface area (Å²) in [5.41, 5.74) is 3.93. The smallest absolute Gasteiger partial charge is 0.322 e. The SMILES string of the molecule is Cc1cc(C)c(NC(=O)N(CCO)CCO)c(C)c1. The summed E-state index contributed by atoms with van der Waals surface area (Å²) in [4.78, 5) is 13.5. The van der Waals surface area contributed by atoms with E-state index in [1.54, 1.807) is 0 Å². The van der Waals surface area contributed by atoms with Crippen LogP contribution in [0.25, 0.3) is 0 Å². The molecule has 0 heterocycles. The number of aliphatic hydroxyl groups is 2. The molecule has 1 aromatic rings. The van der Waals surface area contributed by atoms with E-state index in [-0.39, 0.29) is 32.3 Å². The van der Waals surface area contributed by atoms with Gasteiger partial charge in [-0.15, -0.1) is 0 Å². The number of hydrogen-bond donors (Lipinski definition) is 3. The molecule has 0 aromatic heterocycles. The van der Waals surface area contributed by atoms with Crippen molar-refractivity contribution in [1.29, 1.82) is 0 Å². The van der Waals surface area contributed by atoms with Gasteiger partial charge in [0, 0.05) is 18.8 Å². The van der Waals surface area contributed by atoms with Gasteiger partial charge < -0.3 is 20.4 Å². The molecule has 0 aliphatic heterocycles. The highest BCUT2D eigenvalue weighted by atomic mass is 16.3. The summed E-state index contributed by atoms with van der Waals surface area (Å²) in [7, 11) is 0. The Kier molecular flexibility index (Phi) is 5.79. The molecular weight excluding hydrogens is 244 g/mol. The number of aliphatic hydroxyl groups excluding tert-OH is 2. The van der Waals surface area contributed by atoms with Crippen molar-refractivity contribution in [1.82, 2.24) is 4.90 Å². The van der Waals surface area contributed by atoms with Gasteiger partial charge in [-0.1, -0.05) is 17.7 Å². The van der Waals surface area contributed by atoms with Crippen LogP contribution >= 0.6 is 0 Å². The lowest BCUT2D eigenvalue weighted by atomic mass is 10.1. The Morgan fingerprint density at radius 3 is 2.00 bits per heavy atom. The maximum absolute atomic E-state index is 12.1. The van der Waals surface area contributed by atoms with Gasteiger partial charge in [0.25, 0.3) is 0 Å². The summed E-state index contributed by atoms with van der Waals surface area (Å²) >= 11 is 0. The lowest BCUT2D eigenvalue weighted by Crippen LogP contribution is -2.39. The number of nitrogens with one attached hydrogen (secondary N) is 1. The zero-order valence-corrected chi connectivity index (χ0v) is 11.7. The average Bonchev–Trinajstić information content (AvgIpc) is 2.33. The van der Waals surface area contributed by atoms with E-state index >= 15 is 0 Å². The molecule has 5 heteroatoms. The third-order valence-electron chi connectivity index (χ3n) is 2.94. The predicted molar refractivity (Wildman–Crippen MR) is 75.4 cm³/mol. The first-order valence-corrected chi connectivity index (χ1v) is 6.35. The van der Waals surface area contributed by atoms with Crippen LogP contribution in [0.15, 0.2) is 12.1 Å². The molecule has 3 N–H and O–H groups in total. The van der Waals surface area contributed by atoms with Crippen LogP contribution in [0.5, 0.6) is 0 Å². The van der Waals surface area contributed by atoms with Gasteiger partial charge >= 0.3 is 6.03 Å². The molecule has 0 saturated heterocycles. The van der Waals surface area contributed by atoms with E-state index in [4.69, 9.17) is 10.2 Å². The Hall–Kier alpha value is -1.59. The van der Waals surface area contributed by atoms with E-state index in [0.29, 0.717) is 0 Å². The summed E-state index contributed by atoms with van der Waals surface area (Å²) in [5, 5.41) is 20.7. The van der Waals surface area contributed by atoms with Crippen molar-refractivity contribution in [3.8, 4) is 0 Å². The van der Waals surface area contributed by atoms with Crippen LogP contribution in [-0.4, -0.2) is 47.4 Å². The fourth-order valence-corrected chi connectivity index (χ4v) is 2.12. The molecule has 0 bridgehead atoms. The lowest BCUT2D eigenvalue weighted by Gasteiger charge is -2.22. The maximum atomic E-state index is 12.1. The van der Waals surface area contributed by atoms with E-state index in [9.17, 15) is 4.79 Å². The molecule has 106 valence electrons. The van der Waals surface area contributed by atoms with Gasteiger partial charge in [-0.25, -0.2) is 4.79 Å². The number of urea groups is 1. The van der Waals surface area contributed by atoms with E-state index < -0.39 is 0 Å². The number of amides is 2. The first kappa shape index (κ1) is 15.5. The minimum absolute atomic E-state index is 0.126. The van der Waals surface area contributed by atoms with Crippen LogP contribution in [0.4, 0.5) is 10.5 Å². The first-order valence-electron chi connectivity index (χ1n) is 6.35. The normalized spacial score (nSPS) is 10.4. The number of anilines is 1. The number of nitrogens with zero attached hydrogens (tertiary/aromatic N) is 1. The fraction of sp³-hybridized carbons (Fsp3) is 0.500. The minimum Gasteiger partial charge on any atom is -0.395 e. The van der Waals surface area contributed by atoms with Gasteiger partial charge in [0.15, 0.2) is 0 Å². The highest BCUT2D eigenvalue weighted by molar-refractivity contribution is 5.91. The molecule has 0 atom stereocenters. The Bertz CT molecular complexity index is 417. The second-order valence-electron chi connectivity index (χ2n) is 4.64. The Morgan fingerprint density at radius 2 is 1.58 bits per heavy atom. The molecule has 0 spiro atoms. The summed E-state index contributed by atoms with van der Waals surface area (Å²) in [6, 6.07) is 3.70. The minimum atomic E-state index is -0.307. The first-order chi connectivity index (χ1) is 8.99. The number of rotatable bonds is 5. The van der Waals surface area contributed by atoms with E-state index in [0.717, 1.165) is 22.4 Å². The summed E-state index contributed by atoms with van der Waals surface area (Å²) in [6.45, 7) is 6.05. The van der Waals surface area contributed by atoms with Gasteiger partial charge in [-0.2, -0.15) is 0 Å². The predicted octanol–water partition coefficient (Wildman–Crippen LogP) is 1.43. The van der Waals surface area contributed by atoms with E-state index in [1.807, 2.05) is 32.9 Å². The third kappa shape index (κ3) is 4.22. The van der Waals surface area contributed by atoms with Gasteiger partial charge in [0.05, 0.1) is 13.2 Å². The Morgan fingerprint density at radius 1 is 1.11 bits per heavy atom. The molecular formula is C14H22N2O3. The van der Waals surface area contributed by atoms with Gasteiger partial charge in [0.1, 0.15) is 0 Å². The highest BCUT2D eigenvalue weighted by Gasteiger charge is 2.14. The van der Waals surface area contributed by atoms with Gasteiger partial charge in [0.2, 0.25) is 0 Å². The highest BCUT2D eigenvalue weighted by Crippen LogP contribution is 2.22. The molecule has 1 rings (SSSR count). The molecule has 1 aromatic carbocycles. The number of carbonyl (C=O) groups excluding carboxylic acids is 1. The van der Waals surface area contributed by atoms with Crippen LogP contribution in [0, 0.1) is 20.8 Å². The third-order valence-corrected chi connectivity index (χ3v) is 2.94. The molecule has 0 radical (unpaired) electrons. The van der Waals surface area contributed by atoms with Crippen molar-refractivity contribution in [2.24, 2.45) is 0 Å². The van der Waals surface area contributed by atoms with Crippen LogP contribution < -0.4 is 5.32 Å². The second-order valence-corrected chi connectivity index (χ2v) is 4.64. The number of hydrogen-bond acceptors (Lipinski definition) is 3. The zero-order chi connectivity index (χ0) is 14.4. The Labute approximate surface area is 113 Å². The van der Waals surface area contributed by atoms with Crippen molar-refractivity contribution in [3.05, 3.63) is 28.8 Å². The van der Waals surface area contributed by atoms with Gasteiger partial charge in [-0.05, 0) is 31.9 Å². The molecule has 0 aliphatic carbocycles. The molecule has 5 nitrogen and oxygen atoms in total. The van der Waals surface area contributed by atoms with Crippen LogP contribution in [0.2, 0.25) is 0 Å². The summed E-state index contributed by atoms with van der Waals surface area (Å²) < 4.78 is 0. The molecule has 0 saturated carbocycles. The van der Waals surface area contributed by atoms with Crippen LogP contribution in [0.3, 0.4) is 0 Å². The number of benzene rings is 1. The molecule has 0 unspecified atom stereocenters. The topological polar surface area (TPSA) is 72.8 Å². The molecule has 19 heavy (non-hydrogen) atoms. The maximum Gasteiger partial charge on any atom is 0.322 e. The summed E-state index contributed by atoms with van der Waals surface area (Å²) in [6.07, 6.45) is 0. The molecule has 0 aliphatic rings. The lowest BCUT2D eigenvalue weighted by molar-refractivity contribution is 0.167. The van der Waals surface area contributed by atoms with Crippen LogP contribution in [0.1, 0.15) is 16.7 Å². The molecule has 2 amide bonds. The quantitative estimate of drug-likeness (QED) is 0.755. The number of aryl methyl sites for hydroxylation is 3. The number of carbonyl (C=O) groups is 1. The van der Waals surface area contributed by atoms with Gasteiger partial charge in [-0.3, -0.25) is 0 Å². The van der Waals surface area contributed by atoms with Crippen molar-refractivity contribution >= 4 is 11.7 Å². The van der Waals surface area contributed by atoms with Crippen LogP contribution in [-0.2, 0) is 0 Å². The summed E-state index contributed by atoms with van der Waals surface area (Å²) in [5.74, 6) is 0. The van der Waals surface area contributed by atoms with Crippen molar-refractivity contribution < 1.29 is 15.0 Å². The fourth-order valence-electron chi connectivity index (χ4n) is 2.12. The van der Waals surface area contributed by atoms with E-state index in [2.05, 4.69) is 5.32 Å². The van der Waals surface area contributed by atoms with E-state index in [1.165, 1.54) is 4.90 Å². The van der Waals surface area contributed by atoms with Crippen molar-refractivity contribution in [3.63, 3.8) is 0 Å². The molecule has 0 fully saturated rings. The monoisotopic (exact) mass is 266 g/mol.